The van der Waals surface area contributed by atoms with Gasteiger partial charge in [0.25, 0.3) is 0 Å². The first kappa shape index (κ1) is 32.1. The lowest BCUT2D eigenvalue weighted by molar-refractivity contribution is -0.128. The van der Waals surface area contributed by atoms with Gasteiger partial charge in [-0.15, -0.1) is 0 Å². The monoisotopic (exact) mass is 499 g/mol. The first-order valence-corrected chi connectivity index (χ1v) is 14.8. The van der Waals surface area contributed by atoms with Gasteiger partial charge in [-0.3, -0.25) is 9.59 Å². The summed E-state index contributed by atoms with van der Waals surface area (Å²) in [6, 6.07) is 8.67. The van der Waals surface area contributed by atoms with E-state index in [1.54, 1.807) is 13.0 Å². The molecular weight excluding hydrogens is 446 g/mol. The lowest BCUT2D eigenvalue weighted by Crippen LogP contribution is -2.47. The smallest absolute Gasteiger partial charge is 0.244 e. The largest absolute Gasteiger partial charge is 0.391 e. The van der Waals surface area contributed by atoms with Crippen molar-refractivity contribution in [2.24, 2.45) is 0 Å². The fourth-order valence-electron chi connectivity index (χ4n) is 4.59. The third-order valence-electron chi connectivity index (χ3n) is 6.88. The van der Waals surface area contributed by atoms with Gasteiger partial charge in [0.05, 0.1) is 6.10 Å². The van der Waals surface area contributed by atoms with Crippen molar-refractivity contribution in [3.63, 3.8) is 0 Å². The van der Waals surface area contributed by atoms with E-state index in [0.29, 0.717) is 6.42 Å². The van der Waals surface area contributed by atoms with Crippen LogP contribution in [0.2, 0.25) is 0 Å². The van der Waals surface area contributed by atoms with Gasteiger partial charge in [0.15, 0.2) is 5.78 Å². The normalized spacial score (nSPS) is 13.1. The molecule has 0 aromatic heterocycles. The Bertz CT molecular complexity index is 699. The Kier molecular flexibility index (Phi) is 19.9. The molecular formula is C32H53NO3. The lowest BCUT2D eigenvalue weighted by Gasteiger charge is -2.19. The van der Waals surface area contributed by atoms with Crippen LogP contribution >= 0.6 is 0 Å². The predicted octanol–water partition coefficient (Wildman–Crippen LogP) is 8.18. The summed E-state index contributed by atoms with van der Waals surface area (Å²) in [6.45, 7) is 3.83. The molecule has 1 aromatic rings. The number of carbonyl (C=O) groups excluding carboxylic acids is 2. The summed E-state index contributed by atoms with van der Waals surface area (Å²) in [6.07, 6.45) is 24.8. The first-order valence-electron chi connectivity index (χ1n) is 14.8. The van der Waals surface area contributed by atoms with Crippen LogP contribution in [0.15, 0.2) is 36.4 Å². The molecule has 36 heavy (non-hydrogen) atoms. The zero-order chi connectivity index (χ0) is 26.3. The molecule has 0 fully saturated rings. The Labute approximate surface area is 221 Å². The van der Waals surface area contributed by atoms with Crippen LogP contribution in [0, 0.1) is 0 Å². The maximum absolute atomic E-state index is 12.6. The van der Waals surface area contributed by atoms with Crippen molar-refractivity contribution in [3.05, 3.63) is 42.0 Å². The third-order valence-corrected chi connectivity index (χ3v) is 6.88. The van der Waals surface area contributed by atoms with E-state index in [1.165, 1.54) is 96.0 Å². The molecule has 0 spiro atoms. The molecule has 0 saturated carbocycles. The first-order chi connectivity index (χ1) is 17.5. The van der Waals surface area contributed by atoms with Crippen LogP contribution in [0.1, 0.15) is 135 Å². The molecule has 204 valence electrons. The van der Waals surface area contributed by atoms with Crippen LogP contribution in [-0.4, -0.2) is 28.9 Å². The van der Waals surface area contributed by atoms with Gasteiger partial charge in [0.1, 0.15) is 6.04 Å². The second-order valence-corrected chi connectivity index (χ2v) is 10.3. The Morgan fingerprint density at radius 1 is 0.750 bits per heavy atom. The van der Waals surface area contributed by atoms with Crippen molar-refractivity contribution in [1.82, 2.24) is 5.32 Å². The van der Waals surface area contributed by atoms with Gasteiger partial charge >= 0.3 is 0 Å². The van der Waals surface area contributed by atoms with E-state index in [2.05, 4.69) is 12.2 Å². The van der Waals surface area contributed by atoms with Crippen molar-refractivity contribution in [2.75, 3.05) is 0 Å². The van der Waals surface area contributed by atoms with Crippen molar-refractivity contribution < 1.29 is 14.7 Å². The highest BCUT2D eigenvalue weighted by Gasteiger charge is 2.24. The molecule has 4 nitrogen and oxygen atoms in total. The number of amides is 1. The SMILES string of the molecule is CCCCCCCCCCCCCCCCCCCC(=O)[C@@H](NC(=O)/C=C/c1ccccc1)[C@@H](C)O. The van der Waals surface area contributed by atoms with Gasteiger partial charge in [0, 0.05) is 12.5 Å². The third kappa shape index (κ3) is 17.5. The molecule has 2 atom stereocenters. The molecule has 1 amide bonds. The molecule has 0 heterocycles. The standard InChI is InChI=1S/C32H53NO3/c1-3-4-5-6-7-8-9-10-11-12-13-14-15-16-17-18-22-25-30(35)32(28(2)34)33-31(36)27-26-29-23-20-19-21-24-29/h19-21,23-24,26-28,32,34H,3-18,22,25H2,1-2H3,(H,33,36)/b27-26+/t28-,32+/m1/s1. The van der Waals surface area contributed by atoms with Crippen LogP contribution in [0.3, 0.4) is 0 Å². The van der Waals surface area contributed by atoms with E-state index < -0.39 is 12.1 Å². The molecule has 0 aliphatic heterocycles. The number of hydrogen-bond donors (Lipinski definition) is 2. The molecule has 1 rings (SSSR count). The summed E-state index contributed by atoms with van der Waals surface area (Å²) >= 11 is 0. The van der Waals surface area contributed by atoms with Crippen molar-refractivity contribution in [1.29, 1.82) is 0 Å². The molecule has 0 unspecified atom stereocenters. The lowest BCUT2D eigenvalue weighted by atomic mass is 10.00. The number of hydrogen-bond acceptors (Lipinski definition) is 3. The minimum Gasteiger partial charge on any atom is -0.391 e. The summed E-state index contributed by atoms with van der Waals surface area (Å²) in [5.74, 6) is -0.451. The van der Waals surface area contributed by atoms with E-state index in [-0.39, 0.29) is 11.7 Å². The average molecular weight is 500 g/mol. The summed E-state index contributed by atoms with van der Waals surface area (Å²) < 4.78 is 0. The number of nitrogens with one attached hydrogen (secondary N) is 1. The molecule has 4 heteroatoms. The van der Waals surface area contributed by atoms with Gasteiger partial charge in [-0.05, 0) is 25.0 Å². The average Bonchev–Trinajstić information content (AvgIpc) is 2.88. The summed E-state index contributed by atoms with van der Waals surface area (Å²) in [7, 11) is 0. The second-order valence-electron chi connectivity index (χ2n) is 10.3. The quantitative estimate of drug-likeness (QED) is 0.118. The van der Waals surface area contributed by atoms with Crippen LogP contribution < -0.4 is 5.32 Å². The topological polar surface area (TPSA) is 66.4 Å². The van der Waals surface area contributed by atoms with Gasteiger partial charge in [-0.1, -0.05) is 140 Å². The maximum Gasteiger partial charge on any atom is 0.244 e. The van der Waals surface area contributed by atoms with E-state index >= 15 is 0 Å². The van der Waals surface area contributed by atoms with Gasteiger partial charge in [-0.2, -0.15) is 0 Å². The highest BCUT2D eigenvalue weighted by atomic mass is 16.3. The second kappa shape index (κ2) is 22.3. The molecule has 0 bridgehead atoms. The van der Waals surface area contributed by atoms with Crippen molar-refractivity contribution in [3.8, 4) is 0 Å². The van der Waals surface area contributed by atoms with Crippen LogP contribution in [0.4, 0.5) is 0 Å². The predicted molar refractivity (Wildman–Crippen MR) is 153 cm³/mol. The number of benzene rings is 1. The molecule has 1 aromatic carbocycles. The van der Waals surface area contributed by atoms with Gasteiger partial charge < -0.3 is 10.4 Å². The Balaban J connectivity index is 2.02. The van der Waals surface area contributed by atoms with Crippen LogP contribution in [-0.2, 0) is 9.59 Å². The van der Waals surface area contributed by atoms with E-state index in [0.717, 1.165) is 24.8 Å². The molecule has 0 aliphatic carbocycles. The fraction of sp³-hybridized carbons (Fsp3) is 0.688. The number of ketones is 1. The van der Waals surface area contributed by atoms with Gasteiger partial charge in [0.2, 0.25) is 5.91 Å². The maximum atomic E-state index is 12.6. The van der Waals surface area contributed by atoms with Crippen molar-refractivity contribution in [2.45, 2.75) is 142 Å². The summed E-state index contributed by atoms with van der Waals surface area (Å²) in [4.78, 5) is 24.8. The minimum atomic E-state index is -0.905. The summed E-state index contributed by atoms with van der Waals surface area (Å²) in [5, 5.41) is 12.7. The van der Waals surface area contributed by atoms with Crippen LogP contribution in [0.5, 0.6) is 0 Å². The Hall–Kier alpha value is -1.94. The van der Waals surface area contributed by atoms with E-state index in [9.17, 15) is 14.7 Å². The zero-order valence-electron chi connectivity index (χ0n) is 23.2. The highest BCUT2D eigenvalue weighted by molar-refractivity contribution is 5.96. The Morgan fingerprint density at radius 3 is 1.64 bits per heavy atom. The molecule has 0 saturated heterocycles. The zero-order valence-corrected chi connectivity index (χ0v) is 23.2. The number of aliphatic hydroxyl groups is 1. The number of aliphatic hydroxyl groups excluding tert-OH is 1. The number of carbonyl (C=O) groups is 2. The van der Waals surface area contributed by atoms with Gasteiger partial charge in [-0.25, -0.2) is 0 Å². The minimum absolute atomic E-state index is 0.0904. The van der Waals surface area contributed by atoms with E-state index in [1.807, 2.05) is 30.3 Å². The fourth-order valence-corrected chi connectivity index (χ4v) is 4.59. The Morgan fingerprint density at radius 2 is 1.19 bits per heavy atom. The number of rotatable bonds is 23. The van der Waals surface area contributed by atoms with Crippen LogP contribution in [0.25, 0.3) is 6.08 Å². The molecule has 0 aliphatic rings. The highest BCUT2D eigenvalue weighted by Crippen LogP contribution is 2.15. The number of unbranched alkanes of at least 4 members (excludes halogenated alkanes) is 16. The van der Waals surface area contributed by atoms with E-state index in [4.69, 9.17) is 0 Å². The van der Waals surface area contributed by atoms with Crippen molar-refractivity contribution >= 4 is 17.8 Å². The number of Topliss-reactive ketones (excluding diaryl/α,β-unsaturated/α-hetero) is 1. The molecule has 2 N–H and O–H groups in total. The summed E-state index contributed by atoms with van der Waals surface area (Å²) in [5.41, 5.74) is 0.913. The molecule has 0 radical (unpaired) electrons.